The summed E-state index contributed by atoms with van der Waals surface area (Å²) >= 11 is 0. The fourth-order valence-electron chi connectivity index (χ4n) is 10.4. The molecule has 0 aromatic carbocycles. The second-order valence-corrected chi connectivity index (χ2v) is 28.1. The number of rotatable bonds is 69. The Hall–Kier alpha value is -1.94. The van der Waals surface area contributed by atoms with Gasteiger partial charge in [-0.25, -0.2) is 9.13 Å². The van der Waals surface area contributed by atoms with Gasteiger partial charge in [0.1, 0.15) is 19.3 Å². The molecular formula is C69H134O17P2. The molecule has 19 heteroatoms. The molecule has 0 fully saturated rings. The second-order valence-electron chi connectivity index (χ2n) is 25.2. The number of aliphatic hydroxyl groups is 1. The van der Waals surface area contributed by atoms with Crippen LogP contribution in [0.4, 0.5) is 0 Å². The SMILES string of the molecule is CCCCCCCCCCCCCCCCCCC(=O)O[C@H](COC(=O)CCCCCCCCCCCCC)COP(=O)(O)OC[C@@H](O)COP(=O)(O)OC[C@@H](COC(=O)CCCCCCCCC(C)CC)OC(=O)CCCCCCCCCCCCC. The van der Waals surface area contributed by atoms with E-state index < -0.39 is 97.5 Å². The molecule has 0 heterocycles. The molecule has 522 valence electrons. The Kier molecular flexibility index (Phi) is 61.1. The molecular weight excluding hydrogens is 1160 g/mol. The number of hydrogen-bond acceptors (Lipinski definition) is 15. The van der Waals surface area contributed by atoms with Gasteiger partial charge in [0, 0.05) is 25.7 Å². The monoisotopic (exact) mass is 1300 g/mol. The van der Waals surface area contributed by atoms with Crippen LogP contribution in [0.2, 0.25) is 0 Å². The van der Waals surface area contributed by atoms with E-state index in [1.54, 1.807) is 0 Å². The number of aliphatic hydroxyl groups excluding tert-OH is 1. The van der Waals surface area contributed by atoms with Crippen LogP contribution < -0.4 is 0 Å². The summed E-state index contributed by atoms with van der Waals surface area (Å²) in [5.41, 5.74) is 0. The lowest BCUT2D eigenvalue weighted by Gasteiger charge is -2.21. The zero-order chi connectivity index (χ0) is 64.9. The Balaban J connectivity index is 5.23. The molecule has 0 saturated carbocycles. The summed E-state index contributed by atoms with van der Waals surface area (Å²) in [6, 6.07) is 0. The maximum atomic E-state index is 13.0. The molecule has 0 aromatic rings. The van der Waals surface area contributed by atoms with Crippen LogP contribution in [0, 0.1) is 5.92 Å². The number of phosphoric acid groups is 2. The van der Waals surface area contributed by atoms with Crippen LogP contribution in [0.15, 0.2) is 0 Å². The molecule has 0 aliphatic heterocycles. The van der Waals surface area contributed by atoms with Crippen molar-refractivity contribution in [3.8, 4) is 0 Å². The maximum absolute atomic E-state index is 13.0. The van der Waals surface area contributed by atoms with Gasteiger partial charge in [-0.2, -0.15) is 0 Å². The van der Waals surface area contributed by atoms with Crippen LogP contribution in [-0.4, -0.2) is 96.7 Å². The van der Waals surface area contributed by atoms with Crippen LogP contribution in [0.3, 0.4) is 0 Å². The third-order valence-electron chi connectivity index (χ3n) is 16.4. The minimum Gasteiger partial charge on any atom is -0.462 e. The zero-order valence-corrected chi connectivity index (χ0v) is 58.6. The van der Waals surface area contributed by atoms with Crippen LogP contribution in [0.5, 0.6) is 0 Å². The van der Waals surface area contributed by atoms with Crippen LogP contribution in [0.25, 0.3) is 0 Å². The highest BCUT2D eigenvalue weighted by Gasteiger charge is 2.30. The van der Waals surface area contributed by atoms with E-state index in [0.29, 0.717) is 25.7 Å². The van der Waals surface area contributed by atoms with Gasteiger partial charge in [0.25, 0.3) is 0 Å². The van der Waals surface area contributed by atoms with Gasteiger partial charge in [-0.05, 0) is 31.6 Å². The number of carbonyl (C=O) groups excluding carboxylic acids is 4. The standard InChI is InChI=1S/C69H134O17P2/c1-6-10-13-16-19-22-25-26-27-28-29-32-35-38-45-50-55-69(74)85-64(58-79-66(71)52-47-42-36-33-30-23-20-17-14-11-7-2)60-83-87(75,76)81-56-63(70)57-82-88(77,78)84-61-65(59-80-67(72)53-48-43-40-39-41-46-51-62(5)9-4)86-68(73)54-49-44-37-34-31-24-21-18-15-12-8-3/h62-65,70H,6-61H2,1-5H3,(H,75,76)(H,77,78)/t62?,63-,64-,65-/m1/s1. The van der Waals surface area contributed by atoms with Crippen molar-refractivity contribution in [3.63, 3.8) is 0 Å². The number of phosphoric ester groups is 2. The number of hydrogen-bond donors (Lipinski definition) is 3. The van der Waals surface area contributed by atoms with Crippen molar-refractivity contribution in [2.24, 2.45) is 5.92 Å². The topological polar surface area (TPSA) is 237 Å². The quantitative estimate of drug-likeness (QED) is 0.0222. The summed E-state index contributed by atoms with van der Waals surface area (Å²) < 4.78 is 68.2. The summed E-state index contributed by atoms with van der Waals surface area (Å²) in [5.74, 6) is -1.39. The minimum atomic E-state index is -4.95. The van der Waals surface area contributed by atoms with Crippen molar-refractivity contribution in [3.05, 3.63) is 0 Å². The molecule has 0 bridgehead atoms. The molecule has 0 amide bonds. The number of unbranched alkanes of at least 4 members (excludes halogenated alkanes) is 40. The maximum Gasteiger partial charge on any atom is 0.472 e. The molecule has 6 atom stereocenters. The van der Waals surface area contributed by atoms with Crippen molar-refractivity contribution in [2.45, 2.75) is 374 Å². The second kappa shape index (κ2) is 62.5. The Bertz CT molecular complexity index is 1710. The van der Waals surface area contributed by atoms with E-state index >= 15 is 0 Å². The highest BCUT2D eigenvalue weighted by molar-refractivity contribution is 7.47. The van der Waals surface area contributed by atoms with Gasteiger partial charge in [0.15, 0.2) is 12.2 Å². The van der Waals surface area contributed by atoms with E-state index in [2.05, 4.69) is 34.6 Å². The Morgan fingerprint density at radius 2 is 0.545 bits per heavy atom. The molecule has 0 radical (unpaired) electrons. The highest BCUT2D eigenvalue weighted by Crippen LogP contribution is 2.45. The first-order valence-electron chi connectivity index (χ1n) is 36.2. The average molecular weight is 1300 g/mol. The van der Waals surface area contributed by atoms with Gasteiger partial charge < -0.3 is 33.8 Å². The Labute approximate surface area is 537 Å². The van der Waals surface area contributed by atoms with E-state index in [-0.39, 0.29) is 25.7 Å². The van der Waals surface area contributed by atoms with E-state index in [4.69, 9.17) is 37.0 Å². The summed E-state index contributed by atoms with van der Waals surface area (Å²) in [6.45, 7) is 7.20. The van der Waals surface area contributed by atoms with Crippen molar-refractivity contribution in [1.29, 1.82) is 0 Å². The summed E-state index contributed by atoms with van der Waals surface area (Å²) in [4.78, 5) is 72.5. The average Bonchev–Trinajstić information content (AvgIpc) is 3.59. The van der Waals surface area contributed by atoms with E-state index in [1.807, 2.05) is 0 Å². The first-order valence-corrected chi connectivity index (χ1v) is 39.2. The molecule has 0 saturated heterocycles. The normalized spacial score (nSPS) is 14.4. The minimum absolute atomic E-state index is 0.106. The Morgan fingerprint density at radius 1 is 0.318 bits per heavy atom. The smallest absolute Gasteiger partial charge is 0.462 e. The van der Waals surface area contributed by atoms with Crippen molar-refractivity contribution >= 4 is 39.5 Å². The number of carbonyl (C=O) groups is 4. The molecule has 0 aliphatic carbocycles. The zero-order valence-electron chi connectivity index (χ0n) is 56.9. The van der Waals surface area contributed by atoms with Crippen molar-refractivity contribution in [2.75, 3.05) is 39.6 Å². The number of ether oxygens (including phenoxy) is 4. The molecule has 3 N–H and O–H groups in total. The van der Waals surface area contributed by atoms with Crippen LogP contribution in [0.1, 0.15) is 356 Å². The first kappa shape index (κ1) is 86.1. The summed E-state index contributed by atoms with van der Waals surface area (Å²) in [6.07, 6.45) is 48.5. The van der Waals surface area contributed by atoms with Crippen LogP contribution >= 0.6 is 15.6 Å². The molecule has 17 nitrogen and oxygen atoms in total. The fraction of sp³-hybridized carbons (Fsp3) is 0.942. The van der Waals surface area contributed by atoms with Crippen molar-refractivity contribution in [1.82, 2.24) is 0 Å². The van der Waals surface area contributed by atoms with Gasteiger partial charge in [-0.3, -0.25) is 37.3 Å². The predicted molar refractivity (Wildman–Crippen MR) is 354 cm³/mol. The molecule has 0 aliphatic rings. The molecule has 0 spiro atoms. The molecule has 3 unspecified atom stereocenters. The van der Waals surface area contributed by atoms with Gasteiger partial charge in [0.2, 0.25) is 0 Å². The van der Waals surface area contributed by atoms with E-state index in [9.17, 15) is 43.2 Å². The highest BCUT2D eigenvalue weighted by atomic mass is 31.2. The predicted octanol–water partition coefficient (Wildman–Crippen LogP) is 19.7. The molecule has 0 rings (SSSR count). The van der Waals surface area contributed by atoms with Crippen molar-refractivity contribution < 1.29 is 80.2 Å². The lowest BCUT2D eigenvalue weighted by atomic mass is 10.00. The van der Waals surface area contributed by atoms with E-state index in [1.165, 1.54) is 173 Å². The van der Waals surface area contributed by atoms with Gasteiger partial charge >= 0.3 is 39.5 Å². The lowest BCUT2D eigenvalue weighted by Crippen LogP contribution is -2.30. The fourth-order valence-corrected chi connectivity index (χ4v) is 12.0. The largest absolute Gasteiger partial charge is 0.472 e. The third kappa shape index (κ3) is 61.6. The summed E-state index contributed by atoms with van der Waals surface area (Å²) in [7, 11) is -9.89. The summed E-state index contributed by atoms with van der Waals surface area (Å²) in [5, 5.41) is 10.6. The first-order chi connectivity index (χ1) is 42.6. The van der Waals surface area contributed by atoms with Crippen LogP contribution in [-0.2, 0) is 65.4 Å². The van der Waals surface area contributed by atoms with Gasteiger partial charge in [-0.15, -0.1) is 0 Å². The molecule has 88 heavy (non-hydrogen) atoms. The van der Waals surface area contributed by atoms with E-state index in [0.717, 1.165) is 102 Å². The number of esters is 4. The third-order valence-corrected chi connectivity index (χ3v) is 18.3. The van der Waals surface area contributed by atoms with Gasteiger partial charge in [-0.1, -0.05) is 304 Å². The Morgan fingerprint density at radius 3 is 0.807 bits per heavy atom. The lowest BCUT2D eigenvalue weighted by molar-refractivity contribution is -0.161. The van der Waals surface area contributed by atoms with Gasteiger partial charge in [0.05, 0.1) is 26.4 Å². The molecule has 0 aromatic heterocycles.